The molecule has 0 saturated heterocycles. The smallest absolute Gasteiger partial charge is 0.133 e. The normalized spacial score (nSPS) is 10.0. The lowest BCUT2D eigenvalue weighted by atomic mass is 10.0. The van der Waals surface area contributed by atoms with Crippen LogP contribution in [-0.4, -0.2) is 19.2 Å². The number of nitrogens with two attached hydrogens (primary N) is 1. The van der Waals surface area contributed by atoms with Crippen LogP contribution in [0.4, 0.5) is 5.82 Å². The third-order valence-corrected chi connectivity index (χ3v) is 3.09. The van der Waals surface area contributed by atoms with Crippen LogP contribution in [0.1, 0.15) is 11.1 Å². The van der Waals surface area contributed by atoms with Crippen molar-refractivity contribution in [2.75, 3.05) is 20.0 Å². The molecular formula is C14H15N3O2. The van der Waals surface area contributed by atoms with E-state index in [1.807, 2.05) is 19.1 Å². The minimum Gasteiger partial charge on any atom is -0.496 e. The molecule has 2 rings (SSSR count). The highest BCUT2D eigenvalue weighted by Crippen LogP contribution is 2.39. The summed E-state index contributed by atoms with van der Waals surface area (Å²) in [4.78, 5) is 2.85. The van der Waals surface area contributed by atoms with E-state index in [4.69, 9.17) is 20.5 Å². The van der Waals surface area contributed by atoms with Gasteiger partial charge in [-0.05, 0) is 19.1 Å². The average molecular weight is 257 g/mol. The van der Waals surface area contributed by atoms with Gasteiger partial charge in [0.05, 0.1) is 14.2 Å². The molecule has 5 heteroatoms. The van der Waals surface area contributed by atoms with Crippen molar-refractivity contribution >= 4 is 5.82 Å². The Morgan fingerprint density at radius 2 is 1.95 bits per heavy atom. The molecule has 0 fully saturated rings. The van der Waals surface area contributed by atoms with Gasteiger partial charge >= 0.3 is 0 Å². The summed E-state index contributed by atoms with van der Waals surface area (Å²) in [6.45, 7) is 1.91. The number of methoxy groups -OCH3 is 2. The molecular weight excluding hydrogens is 242 g/mol. The molecule has 0 aliphatic rings. The molecule has 5 nitrogen and oxygen atoms in total. The fraction of sp³-hybridized carbons (Fsp3) is 0.214. The predicted molar refractivity (Wildman–Crippen MR) is 73.2 cm³/mol. The Morgan fingerprint density at radius 1 is 1.21 bits per heavy atom. The molecule has 0 aliphatic carbocycles. The van der Waals surface area contributed by atoms with Gasteiger partial charge in [-0.2, -0.15) is 5.26 Å². The van der Waals surface area contributed by atoms with Crippen LogP contribution in [0.25, 0.3) is 11.1 Å². The molecule has 2 aromatic rings. The van der Waals surface area contributed by atoms with Gasteiger partial charge < -0.3 is 20.2 Å². The van der Waals surface area contributed by atoms with Gasteiger partial charge in [-0.15, -0.1) is 0 Å². The SMILES string of the molecule is COc1ccc(-c2c[nH]c(N)c2C#N)c(OC)c1C. The third-order valence-electron chi connectivity index (χ3n) is 3.09. The van der Waals surface area contributed by atoms with Crippen molar-refractivity contribution in [1.82, 2.24) is 4.98 Å². The van der Waals surface area contributed by atoms with Crippen LogP contribution in [0.2, 0.25) is 0 Å². The summed E-state index contributed by atoms with van der Waals surface area (Å²) in [6.07, 6.45) is 1.71. The molecule has 19 heavy (non-hydrogen) atoms. The van der Waals surface area contributed by atoms with Crippen molar-refractivity contribution in [2.24, 2.45) is 0 Å². The number of nitrogen functional groups attached to an aromatic ring is 1. The molecule has 0 bridgehead atoms. The van der Waals surface area contributed by atoms with E-state index < -0.39 is 0 Å². The van der Waals surface area contributed by atoms with Gasteiger partial charge in [0, 0.05) is 22.9 Å². The van der Waals surface area contributed by atoms with Gasteiger partial charge in [0.25, 0.3) is 0 Å². The molecule has 0 spiro atoms. The molecule has 1 aromatic heterocycles. The number of H-pyrrole nitrogens is 1. The van der Waals surface area contributed by atoms with Crippen LogP contribution in [0.5, 0.6) is 11.5 Å². The first-order chi connectivity index (χ1) is 9.13. The monoisotopic (exact) mass is 257 g/mol. The zero-order valence-electron chi connectivity index (χ0n) is 11.1. The number of hydrogen-bond donors (Lipinski definition) is 2. The Kier molecular flexibility index (Phi) is 3.34. The number of rotatable bonds is 3. The van der Waals surface area contributed by atoms with Crippen molar-refractivity contribution < 1.29 is 9.47 Å². The summed E-state index contributed by atoms with van der Waals surface area (Å²) in [7, 11) is 3.20. The third kappa shape index (κ3) is 1.97. The minimum absolute atomic E-state index is 0.355. The van der Waals surface area contributed by atoms with Crippen LogP contribution in [0.15, 0.2) is 18.3 Å². The Labute approximate surface area is 111 Å². The van der Waals surface area contributed by atoms with E-state index in [1.165, 1.54) is 0 Å². The molecule has 1 heterocycles. The van der Waals surface area contributed by atoms with E-state index in [9.17, 15) is 0 Å². The highest BCUT2D eigenvalue weighted by molar-refractivity contribution is 5.81. The summed E-state index contributed by atoms with van der Waals surface area (Å²) in [5.74, 6) is 1.77. The standard InChI is InChI=1S/C14H15N3O2/c1-8-12(18-2)5-4-9(13(8)19-3)11-7-17-14(16)10(11)6-15/h4-5,7,17H,16H2,1-3H3. The Hall–Kier alpha value is -2.61. The number of nitrogens with zero attached hydrogens (tertiary/aromatic N) is 1. The van der Waals surface area contributed by atoms with Crippen LogP contribution < -0.4 is 15.2 Å². The van der Waals surface area contributed by atoms with Crippen LogP contribution in [0.3, 0.4) is 0 Å². The predicted octanol–water partition coefficient (Wildman–Crippen LogP) is 2.46. The highest BCUT2D eigenvalue weighted by Gasteiger charge is 2.17. The van der Waals surface area contributed by atoms with Gasteiger partial charge in [0.1, 0.15) is 28.9 Å². The van der Waals surface area contributed by atoms with Gasteiger partial charge in [-0.3, -0.25) is 0 Å². The van der Waals surface area contributed by atoms with Crippen molar-refractivity contribution in [3.05, 3.63) is 29.5 Å². The number of hydrogen-bond acceptors (Lipinski definition) is 4. The first-order valence-electron chi connectivity index (χ1n) is 5.73. The lowest BCUT2D eigenvalue weighted by Crippen LogP contribution is -1.95. The number of aromatic amines is 1. The number of ether oxygens (including phenoxy) is 2. The number of benzene rings is 1. The topological polar surface area (TPSA) is 84.1 Å². The fourth-order valence-electron chi connectivity index (χ4n) is 2.14. The van der Waals surface area contributed by atoms with Crippen molar-refractivity contribution in [2.45, 2.75) is 6.92 Å². The summed E-state index contributed by atoms with van der Waals surface area (Å²) in [5, 5.41) is 9.17. The molecule has 1 aromatic carbocycles. The summed E-state index contributed by atoms with van der Waals surface area (Å²) >= 11 is 0. The summed E-state index contributed by atoms with van der Waals surface area (Å²) in [6, 6.07) is 5.80. The minimum atomic E-state index is 0.355. The van der Waals surface area contributed by atoms with E-state index in [-0.39, 0.29) is 0 Å². The number of anilines is 1. The van der Waals surface area contributed by atoms with Crippen LogP contribution >= 0.6 is 0 Å². The molecule has 0 amide bonds. The second-order valence-electron chi connectivity index (χ2n) is 4.08. The molecule has 0 radical (unpaired) electrons. The largest absolute Gasteiger partial charge is 0.496 e. The van der Waals surface area contributed by atoms with Crippen molar-refractivity contribution in [3.63, 3.8) is 0 Å². The van der Waals surface area contributed by atoms with E-state index in [1.54, 1.807) is 20.4 Å². The average Bonchev–Trinajstić information content (AvgIpc) is 2.79. The number of nitrogens with one attached hydrogen (secondary N) is 1. The molecule has 0 atom stereocenters. The molecule has 3 N–H and O–H groups in total. The van der Waals surface area contributed by atoms with Gasteiger partial charge in [-0.25, -0.2) is 0 Å². The first kappa shape index (κ1) is 12.8. The zero-order chi connectivity index (χ0) is 14.0. The molecule has 0 aliphatic heterocycles. The molecule has 0 unspecified atom stereocenters. The van der Waals surface area contributed by atoms with E-state index >= 15 is 0 Å². The van der Waals surface area contributed by atoms with Crippen LogP contribution in [0, 0.1) is 18.3 Å². The van der Waals surface area contributed by atoms with Crippen molar-refractivity contribution in [1.29, 1.82) is 5.26 Å². The molecule has 0 saturated carbocycles. The maximum atomic E-state index is 9.17. The van der Waals surface area contributed by atoms with Gasteiger partial charge in [0.2, 0.25) is 0 Å². The fourth-order valence-corrected chi connectivity index (χ4v) is 2.14. The second kappa shape index (κ2) is 4.94. The molecule has 98 valence electrons. The maximum absolute atomic E-state index is 9.17. The lowest BCUT2D eigenvalue weighted by molar-refractivity contribution is 0.390. The number of aromatic nitrogens is 1. The van der Waals surface area contributed by atoms with Gasteiger partial charge in [0.15, 0.2) is 0 Å². The quantitative estimate of drug-likeness (QED) is 0.884. The highest BCUT2D eigenvalue weighted by atomic mass is 16.5. The Balaban J connectivity index is 2.70. The second-order valence-corrected chi connectivity index (χ2v) is 4.08. The summed E-state index contributed by atoms with van der Waals surface area (Å²) in [5.41, 5.74) is 8.57. The van der Waals surface area contributed by atoms with Crippen LogP contribution in [-0.2, 0) is 0 Å². The number of nitriles is 1. The zero-order valence-corrected chi connectivity index (χ0v) is 11.1. The van der Waals surface area contributed by atoms with Crippen molar-refractivity contribution in [3.8, 4) is 28.7 Å². The van der Waals surface area contributed by atoms with E-state index in [0.29, 0.717) is 17.1 Å². The van der Waals surface area contributed by atoms with E-state index in [2.05, 4.69) is 11.1 Å². The van der Waals surface area contributed by atoms with Gasteiger partial charge in [-0.1, -0.05) is 0 Å². The van der Waals surface area contributed by atoms with E-state index in [0.717, 1.165) is 22.4 Å². The summed E-state index contributed by atoms with van der Waals surface area (Å²) < 4.78 is 10.7. The Morgan fingerprint density at radius 3 is 2.53 bits per heavy atom. The first-order valence-corrected chi connectivity index (χ1v) is 5.73. The maximum Gasteiger partial charge on any atom is 0.133 e. The lowest BCUT2D eigenvalue weighted by Gasteiger charge is -2.14. The Bertz CT molecular complexity index is 653.